The molecule has 1 aliphatic rings. The largest absolute Gasteiger partial charge is 0.394 e. The summed E-state index contributed by atoms with van der Waals surface area (Å²) in [7, 11) is 0. The van der Waals surface area contributed by atoms with Gasteiger partial charge in [-0.2, -0.15) is 0 Å². The van der Waals surface area contributed by atoms with Gasteiger partial charge >= 0.3 is 5.69 Å². The smallest absolute Gasteiger partial charge is 0.330 e. The summed E-state index contributed by atoms with van der Waals surface area (Å²) in [5.74, 6) is 0. The molecule has 1 fully saturated rings. The molecule has 0 spiro atoms. The van der Waals surface area contributed by atoms with E-state index in [0.717, 1.165) is 0 Å². The quantitative estimate of drug-likeness (QED) is 0.695. The molecule has 3 N–H and O–H groups in total. The number of hydrogen-bond donors (Lipinski definition) is 3. The van der Waals surface area contributed by atoms with Crippen molar-refractivity contribution < 1.29 is 14.9 Å². The maximum Gasteiger partial charge on any atom is 0.330 e. The molecule has 0 unspecified atom stereocenters. The van der Waals surface area contributed by atoms with Crippen LogP contribution in [0.25, 0.3) is 6.08 Å². The highest BCUT2D eigenvalue weighted by Gasteiger charge is 2.35. The van der Waals surface area contributed by atoms with Crippen LogP contribution in [-0.2, 0) is 4.74 Å². The van der Waals surface area contributed by atoms with E-state index >= 15 is 0 Å². The van der Waals surface area contributed by atoms with Crippen molar-refractivity contribution in [2.75, 3.05) is 6.61 Å². The van der Waals surface area contributed by atoms with Crippen molar-refractivity contribution in [3.8, 4) is 0 Å². The highest BCUT2D eigenvalue weighted by molar-refractivity contribution is 9.11. The number of hydrogen-bond acceptors (Lipinski definition) is 5. The summed E-state index contributed by atoms with van der Waals surface area (Å²) >= 11 is 3.05. The van der Waals surface area contributed by atoms with E-state index < -0.39 is 29.7 Å². The van der Waals surface area contributed by atoms with E-state index in [1.807, 2.05) is 0 Å². The second-order valence-electron chi connectivity index (χ2n) is 4.16. The molecule has 0 aliphatic carbocycles. The highest BCUT2D eigenvalue weighted by Crippen LogP contribution is 2.27. The van der Waals surface area contributed by atoms with Crippen LogP contribution in [0.1, 0.15) is 18.2 Å². The van der Waals surface area contributed by atoms with Crippen LogP contribution < -0.4 is 11.2 Å². The molecule has 1 saturated heterocycles. The van der Waals surface area contributed by atoms with Gasteiger partial charge in [0.25, 0.3) is 5.56 Å². The average molecular weight is 333 g/mol. The number of ether oxygens (including phenoxy) is 1. The topological polar surface area (TPSA) is 105 Å². The van der Waals surface area contributed by atoms with E-state index in [1.54, 1.807) is 0 Å². The molecule has 7 nitrogen and oxygen atoms in total. The van der Waals surface area contributed by atoms with Crippen LogP contribution in [0.3, 0.4) is 0 Å². The lowest BCUT2D eigenvalue weighted by Gasteiger charge is -2.14. The van der Waals surface area contributed by atoms with Gasteiger partial charge in [-0.25, -0.2) is 4.79 Å². The number of H-pyrrole nitrogens is 1. The molecule has 2 heterocycles. The van der Waals surface area contributed by atoms with Crippen LogP contribution in [0.5, 0.6) is 0 Å². The Bertz CT molecular complexity index is 593. The Labute approximate surface area is 116 Å². The number of nitrogens with zero attached hydrogens (tertiary/aromatic N) is 1. The minimum Gasteiger partial charge on any atom is -0.394 e. The molecular weight excluding hydrogens is 320 g/mol. The Kier molecular flexibility index (Phi) is 4.35. The van der Waals surface area contributed by atoms with Gasteiger partial charge in [-0.05, 0) is 11.1 Å². The summed E-state index contributed by atoms with van der Waals surface area (Å²) in [4.78, 5) is 26.9. The van der Waals surface area contributed by atoms with Crippen LogP contribution in [0, 0.1) is 0 Å². The Morgan fingerprint density at radius 3 is 2.89 bits per heavy atom. The van der Waals surface area contributed by atoms with Crippen LogP contribution in [0.4, 0.5) is 0 Å². The van der Waals surface area contributed by atoms with Gasteiger partial charge < -0.3 is 14.9 Å². The molecule has 0 amide bonds. The van der Waals surface area contributed by atoms with E-state index in [-0.39, 0.29) is 18.6 Å². The van der Waals surface area contributed by atoms with Gasteiger partial charge in [0.15, 0.2) is 0 Å². The first-order chi connectivity index (χ1) is 9.06. The third kappa shape index (κ3) is 2.86. The summed E-state index contributed by atoms with van der Waals surface area (Å²) in [5.41, 5.74) is -0.844. The summed E-state index contributed by atoms with van der Waals surface area (Å²) in [6.45, 7) is -0.329. The van der Waals surface area contributed by atoms with E-state index in [0.29, 0.717) is 0 Å². The first-order valence-corrected chi connectivity index (χ1v) is 6.55. The lowest BCUT2D eigenvalue weighted by molar-refractivity contribution is -0.0459. The van der Waals surface area contributed by atoms with Crippen molar-refractivity contribution in [2.24, 2.45) is 0 Å². The zero-order valence-corrected chi connectivity index (χ0v) is 11.4. The SMILES string of the molecule is O=c1[nH]c(=O)n([C@@H]2C[C@@H](O)[C@H](CO)O2)cc1/C=C/Br. The number of aliphatic hydroxyl groups excluding tert-OH is 2. The normalized spacial score (nSPS) is 27.2. The molecule has 0 radical (unpaired) electrons. The monoisotopic (exact) mass is 332 g/mol. The predicted molar refractivity (Wildman–Crippen MR) is 70.9 cm³/mol. The Hall–Kier alpha value is -1.22. The molecule has 2 rings (SSSR count). The second kappa shape index (κ2) is 5.83. The molecule has 3 atom stereocenters. The first-order valence-electron chi connectivity index (χ1n) is 5.63. The van der Waals surface area contributed by atoms with E-state index in [2.05, 4.69) is 20.9 Å². The molecule has 1 aliphatic heterocycles. The zero-order valence-electron chi connectivity index (χ0n) is 9.82. The highest BCUT2D eigenvalue weighted by atomic mass is 79.9. The van der Waals surface area contributed by atoms with Crippen molar-refractivity contribution in [1.29, 1.82) is 0 Å². The molecule has 0 aromatic carbocycles. The molecule has 104 valence electrons. The predicted octanol–water partition coefficient (Wildman–Crippen LogP) is -0.457. The van der Waals surface area contributed by atoms with Crippen molar-refractivity contribution in [2.45, 2.75) is 24.9 Å². The fourth-order valence-corrected chi connectivity index (χ4v) is 2.24. The summed E-state index contributed by atoms with van der Waals surface area (Å²) in [6.07, 6.45) is 0.746. The number of aromatic amines is 1. The van der Waals surface area contributed by atoms with Crippen molar-refractivity contribution in [3.05, 3.63) is 37.6 Å². The zero-order chi connectivity index (χ0) is 14.0. The van der Waals surface area contributed by atoms with Crippen molar-refractivity contribution in [3.63, 3.8) is 0 Å². The van der Waals surface area contributed by atoms with Crippen molar-refractivity contribution >= 4 is 22.0 Å². The molecule has 1 aromatic heterocycles. The molecule has 1 aromatic rings. The molecular formula is C11H13BrN2O5. The van der Waals surface area contributed by atoms with Crippen LogP contribution >= 0.6 is 15.9 Å². The molecule has 8 heteroatoms. The van der Waals surface area contributed by atoms with Crippen LogP contribution in [-0.4, -0.2) is 38.6 Å². The standard InChI is InChI=1S/C11H13BrN2O5/c12-2-1-6-4-14(11(18)13-10(6)17)9-3-7(16)8(5-15)19-9/h1-2,4,7-9,15-16H,3,5H2,(H,13,17,18)/b2-1+/t7-,8+,9+/m1/s1. The number of rotatable bonds is 3. The number of nitrogens with one attached hydrogen (secondary N) is 1. The maximum absolute atomic E-state index is 11.7. The Morgan fingerprint density at radius 2 is 2.32 bits per heavy atom. The lowest BCUT2D eigenvalue weighted by atomic mass is 10.2. The van der Waals surface area contributed by atoms with Gasteiger partial charge in [0.05, 0.1) is 18.3 Å². The van der Waals surface area contributed by atoms with Crippen molar-refractivity contribution in [1.82, 2.24) is 9.55 Å². The average Bonchev–Trinajstić information content (AvgIpc) is 2.74. The van der Waals surface area contributed by atoms with Gasteiger partial charge in [0, 0.05) is 12.6 Å². The Morgan fingerprint density at radius 1 is 1.58 bits per heavy atom. The maximum atomic E-state index is 11.7. The third-order valence-electron chi connectivity index (χ3n) is 2.93. The summed E-state index contributed by atoms with van der Waals surface area (Å²) < 4.78 is 6.56. The summed E-state index contributed by atoms with van der Waals surface area (Å²) in [5, 5.41) is 18.7. The second-order valence-corrected chi connectivity index (χ2v) is 4.69. The van der Waals surface area contributed by atoms with E-state index in [1.165, 1.54) is 21.8 Å². The van der Waals surface area contributed by atoms with Gasteiger partial charge in [0.1, 0.15) is 12.3 Å². The number of aromatic nitrogens is 2. The van der Waals surface area contributed by atoms with Gasteiger partial charge in [0.2, 0.25) is 0 Å². The molecule has 0 saturated carbocycles. The van der Waals surface area contributed by atoms with Gasteiger partial charge in [-0.3, -0.25) is 14.3 Å². The first kappa shape index (κ1) is 14.2. The van der Waals surface area contributed by atoms with E-state index in [9.17, 15) is 14.7 Å². The van der Waals surface area contributed by atoms with Crippen LogP contribution in [0.15, 0.2) is 20.8 Å². The third-order valence-corrected chi connectivity index (χ3v) is 3.20. The molecule has 19 heavy (non-hydrogen) atoms. The summed E-state index contributed by atoms with van der Waals surface area (Å²) in [6, 6.07) is 0. The number of aliphatic hydroxyl groups is 2. The fraction of sp³-hybridized carbons (Fsp3) is 0.455. The number of halogens is 1. The van der Waals surface area contributed by atoms with Crippen LogP contribution in [0.2, 0.25) is 0 Å². The minimum absolute atomic E-state index is 0.175. The van der Waals surface area contributed by atoms with Gasteiger partial charge in [-0.1, -0.05) is 15.9 Å². The lowest BCUT2D eigenvalue weighted by Crippen LogP contribution is -2.33. The van der Waals surface area contributed by atoms with Gasteiger partial charge in [-0.15, -0.1) is 0 Å². The fourth-order valence-electron chi connectivity index (χ4n) is 1.95. The van der Waals surface area contributed by atoms with E-state index in [4.69, 9.17) is 9.84 Å². The molecule has 0 bridgehead atoms. The minimum atomic E-state index is -0.844. The Balaban J connectivity index is 2.38.